The zero-order chi connectivity index (χ0) is 14.5. The molecule has 1 aromatic rings. The molecule has 0 aromatic heterocycles. The van der Waals surface area contributed by atoms with E-state index in [9.17, 15) is 4.79 Å². The summed E-state index contributed by atoms with van der Waals surface area (Å²) in [5.74, 6) is 0. The number of urea groups is 1. The number of hydrogen-bond acceptors (Lipinski definition) is 2. The standard InChI is InChI=1S/C15H22ClN3O/c1-11-5-3-7-13(16)14(11)18-15(20)17-9-8-12-6-4-10-19(12)2/h3,5,7,12H,4,6,8-10H2,1-2H3,(H2,17,18,20)/t12-/m1/s1. The second-order valence-electron chi connectivity index (χ2n) is 5.38. The summed E-state index contributed by atoms with van der Waals surface area (Å²) < 4.78 is 0. The van der Waals surface area contributed by atoms with Crippen LogP contribution in [0.3, 0.4) is 0 Å². The molecule has 2 amide bonds. The number of carbonyl (C=O) groups is 1. The summed E-state index contributed by atoms with van der Waals surface area (Å²) >= 11 is 6.08. The molecule has 2 N–H and O–H groups in total. The van der Waals surface area contributed by atoms with Crippen LogP contribution in [0.2, 0.25) is 5.02 Å². The number of likely N-dealkylation sites (tertiary alicyclic amines) is 1. The topological polar surface area (TPSA) is 44.4 Å². The molecule has 110 valence electrons. The molecule has 0 aliphatic carbocycles. The third-order valence-electron chi connectivity index (χ3n) is 3.90. The van der Waals surface area contributed by atoms with Crippen LogP contribution in [0.5, 0.6) is 0 Å². The van der Waals surface area contributed by atoms with E-state index in [0.717, 1.165) is 18.5 Å². The molecule has 5 heteroatoms. The van der Waals surface area contributed by atoms with Crippen LogP contribution in [0.15, 0.2) is 18.2 Å². The summed E-state index contributed by atoms with van der Waals surface area (Å²) in [5, 5.41) is 6.28. The van der Waals surface area contributed by atoms with Gasteiger partial charge in [0.25, 0.3) is 0 Å². The van der Waals surface area contributed by atoms with Crippen molar-refractivity contribution in [1.29, 1.82) is 0 Å². The van der Waals surface area contributed by atoms with Crippen LogP contribution < -0.4 is 10.6 Å². The van der Waals surface area contributed by atoms with Crippen LogP contribution in [0.1, 0.15) is 24.8 Å². The molecule has 0 spiro atoms. The fraction of sp³-hybridized carbons (Fsp3) is 0.533. The highest BCUT2D eigenvalue weighted by atomic mass is 35.5. The van der Waals surface area contributed by atoms with Crippen LogP contribution in [0.4, 0.5) is 10.5 Å². The molecule has 0 unspecified atom stereocenters. The van der Waals surface area contributed by atoms with Crippen LogP contribution in [0.25, 0.3) is 0 Å². The molecule has 1 atom stereocenters. The van der Waals surface area contributed by atoms with E-state index in [1.54, 1.807) is 6.07 Å². The van der Waals surface area contributed by atoms with Crippen LogP contribution >= 0.6 is 11.6 Å². The van der Waals surface area contributed by atoms with Gasteiger partial charge in [-0.3, -0.25) is 0 Å². The first-order chi connectivity index (χ1) is 9.58. The maximum Gasteiger partial charge on any atom is 0.319 e. The van der Waals surface area contributed by atoms with Crippen molar-refractivity contribution < 1.29 is 4.79 Å². The van der Waals surface area contributed by atoms with E-state index in [-0.39, 0.29) is 6.03 Å². The number of anilines is 1. The molecule has 1 aromatic carbocycles. The molecule has 0 bridgehead atoms. The Balaban J connectivity index is 1.78. The van der Waals surface area contributed by atoms with Crippen molar-refractivity contribution in [3.05, 3.63) is 28.8 Å². The zero-order valence-corrected chi connectivity index (χ0v) is 12.8. The number of para-hydroxylation sites is 1. The van der Waals surface area contributed by atoms with Gasteiger partial charge < -0.3 is 15.5 Å². The third kappa shape index (κ3) is 3.87. The van der Waals surface area contributed by atoms with Gasteiger partial charge in [-0.15, -0.1) is 0 Å². The van der Waals surface area contributed by atoms with Crippen molar-refractivity contribution in [1.82, 2.24) is 10.2 Å². The van der Waals surface area contributed by atoms with E-state index in [1.807, 2.05) is 19.1 Å². The highest BCUT2D eigenvalue weighted by molar-refractivity contribution is 6.33. The fourth-order valence-electron chi connectivity index (χ4n) is 2.64. The summed E-state index contributed by atoms with van der Waals surface area (Å²) in [4.78, 5) is 14.2. The number of carbonyl (C=O) groups excluding carboxylic acids is 1. The number of halogens is 1. The van der Waals surface area contributed by atoms with Gasteiger partial charge in [0.1, 0.15) is 0 Å². The van der Waals surface area contributed by atoms with Gasteiger partial charge >= 0.3 is 6.03 Å². The Morgan fingerprint density at radius 3 is 2.95 bits per heavy atom. The maximum atomic E-state index is 11.9. The molecule has 20 heavy (non-hydrogen) atoms. The molecule has 0 radical (unpaired) electrons. The molecule has 1 aliphatic rings. The maximum absolute atomic E-state index is 11.9. The normalized spacial score (nSPS) is 19.1. The van der Waals surface area contributed by atoms with Crippen molar-refractivity contribution >= 4 is 23.3 Å². The van der Waals surface area contributed by atoms with Gasteiger partial charge in [0.05, 0.1) is 10.7 Å². The molecule has 2 rings (SSSR count). The molecule has 0 saturated carbocycles. The number of rotatable bonds is 4. The summed E-state index contributed by atoms with van der Waals surface area (Å²) in [6.45, 7) is 3.77. The van der Waals surface area contributed by atoms with Gasteiger partial charge in [-0.2, -0.15) is 0 Å². The number of benzene rings is 1. The first-order valence-corrected chi connectivity index (χ1v) is 7.46. The monoisotopic (exact) mass is 295 g/mol. The van der Waals surface area contributed by atoms with Gasteiger partial charge in [-0.25, -0.2) is 4.79 Å². The summed E-state index contributed by atoms with van der Waals surface area (Å²) in [6, 6.07) is 5.97. The van der Waals surface area contributed by atoms with Gasteiger partial charge in [0.2, 0.25) is 0 Å². The molecule has 1 heterocycles. The first kappa shape index (κ1) is 15.1. The average molecular weight is 296 g/mol. The average Bonchev–Trinajstić information content (AvgIpc) is 2.80. The van der Waals surface area contributed by atoms with Gasteiger partial charge in [0, 0.05) is 12.6 Å². The van der Waals surface area contributed by atoms with Crippen LogP contribution in [0, 0.1) is 6.92 Å². The van der Waals surface area contributed by atoms with E-state index in [2.05, 4.69) is 22.6 Å². The minimum absolute atomic E-state index is 0.193. The lowest BCUT2D eigenvalue weighted by atomic mass is 10.1. The van der Waals surface area contributed by atoms with Crippen molar-refractivity contribution in [2.75, 3.05) is 25.5 Å². The number of nitrogens with zero attached hydrogens (tertiary/aromatic N) is 1. The lowest BCUT2D eigenvalue weighted by Gasteiger charge is -2.19. The lowest BCUT2D eigenvalue weighted by Crippen LogP contribution is -2.34. The molecule has 1 aliphatic heterocycles. The number of nitrogens with one attached hydrogen (secondary N) is 2. The Labute approximate surface area is 125 Å². The Kier molecular flexibility index (Phi) is 5.26. The minimum Gasteiger partial charge on any atom is -0.338 e. The Bertz CT molecular complexity index is 458. The van der Waals surface area contributed by atoms with Crippen molar-refractivity contribution in [3.8, 4) is 0 Å². The first-order valence-electron chi connectivity index (χ1n) is 7.08. The largest absolute Gasteiger partial charge is 0.338 e. The van der Waals surface area contributed by atoms with E-state index < -0.39 is 0 Å². The van der Waals surface area contributed by atoms with E-state index in [0.29, 0.717) is 23.3 Å². The van der Waals surface area contributed by atoms with Crippen molar-refractivity contribution in [2.24, 2.45) is 0 Å². The lowest BCUT2D eigenvalue weighted by molar-refractivity contribution is 0.248. The third-order valence-corrected chi connectivity index (χ3v) is 4.21. The van der Waals surface area contributed by atoms with Crippen LogP contribution in [-0.2, 0) is 0 Å². The molecular weight excluding hydrogens is 274 g/mol. The second-order valence-corrected chi connectivity index (χ2v) is 5.79. The highest BCUT2D eigenvalue weighted by Crippen LogP contribution is 2.25. The molecular formula is C15H22ClN3O. The van der Waals surface area contributed by atoms with Gasteiger partial charge in [-0.05, 0) is 51.4 Å². The van der Waals surface area contributed by atoms with Crippen molar-refractivity contribution in [2.45, 2.75) is 32.2 Å². The number of hydrogen-bond donors (Lipinski definition) is 2. The minimum atomic E-state index is -0.193. The SMILES string of the molecule is Cc1cccc(Cl)c1NC(=O)NCC[C@H]1CCCN1C. The molecule has 1 saturated heterocycles. The quantitative estimate of drug-likeness (QED) is 0.895. The van der Waals surface area contributed by atoms with Gasteiger partial charge in [-0.1, -0.05) is 23.7 Å². The van der Waals surface area contributed by atoms with E-state index in [1.165, 1.54) is 12.8 Å². The van der Waals surface area contributed by atoms with Gasteiger partial charge in [0.15, 0.2) is 0 Å². The summed E-state index contributed by atoms with van der Waals surface area (Å²) in [6.07, 6.45) is 3.47. The Hall–Kier alpha value is -1.26. The second kappa shape index (κ2) is 6.95. The van der Waals surface area contributed by atoms with Crippen LogP contribution in [-0.4, -0.2) is 37.1 Å². The van der Waals surface area contributed by atoms with E-state index in [4.69, 9.17) is 11.6 Å². The highest BCUT2D eigenvalue weighted by Gasteiger charge is 2.20. The predicted molar refractivity (Wildman–Crippen MR) is 83.5 cm³/mol. The number of aryl methyl sites for hydroxylation is 1. The summed E-state index contributed by atoms with van der Waals surface area (Å²) in [5.41, 5.74) is 1.65. The molecule has 1 fully saturated rings. The summed E-state index contributed by atoms with van der Waals surface area (Å²) in [7, 11) is 2.14. The Morgan fingerprint density at radius 1 is 1.50 bits per heavy atom. The number of amides is 2. The fourth-order valence-corrected chi connectivity index (χ4v) is 2.91. The van der Waals surface area contributed by atoms with E-state index >= 15 is 0 Å². The van der Waals surface area contributed by atoms with Crippen molar-refractivity contribution in [3.63, 3.8) is 0 Å². The zero-order valence-electron chi connectivity index (χ0n) is 12.1. The Morgan fingerprint density at radius 2 is 2.30 bits per heavy atom. The smallest absolute Gasteiger partial charge is 0.319 e. The predicted octanol–water partition coefficient (Wildman–Crippen LogP) is 3.25. The molecule has 4 nitrogen and oxygen atoms in total.